The number of amides is 1. The van der Waals surface area contributed by atoms with E-state index in [1.807, 2.05) is 49.5 Å². The summed E-state index contributed by atoms with van der Waals surface area (Å²) in [6.07, 6.45) is 5.23. The molecule has 6 nitrogen and oxygen atoms in total. The van der Waals surface area contributed by atoms with E-state index < -0.39 is 0 Å². The van der Waals surface area contributed by atoms with Crippen LogP contribution in [-0.4, -0.2) is 21.6 Å². The molecule has 3 rings (SSSR count). The second-order valence-corrected chi connectivity index (χ2v) is 5.70. The molecular formula is C19H19N5O. The van der Waals surface area contributed by atoms with Crippen LogP contribution >= 0.6 is 0 Å². The van der Waals surface area contributed by atoms with E-state index in [0.29, 0.717) is 17.1 Å². The predicted molar refractivity (Wildman–Crippen MR) is 100 cm³/mol. The quantitative estimate of drug-likeness (QED) is 0.505. The molecule has 0 radical (unpaired) electrons. The molecule has 0 aliphatic heterocycles. The number of hydrogen-bond acceptors (Lipinski definition) is 4. The molecule has 0 unspecified atom stereocenters. The van der Waals surface area contributed by atoms with Gasteiger partial charge in [-0.15, -0.1) is 0 Å². The topological polar surface area (TPSA) is 96.2 Å². The molecule has 0 aliphatic carbocycles. The van der Waals surface area contributed by atoms with Gasteiger partial charge in [-0.2, -0.15) is 0 Å². The minimum atomic E-state index is -0.353. The lowest BCUT2D eigenvalue weighted by molar-refractivity contribution is -0.112. The number of aromatic amines is 1. The van der Waals surface area contributed by atoms with Crippen LogP contribution in [0.5, 0.6) is 0 Å². The number of aromatic nitrogens is 2. The normalized spacial score (nSPS) is 12.8. The van der Waals surface area contributed by atoms with Gasteiger partial charge in [-0.3, -0.25) is 9.78 Å². The van der Waals surface area contributed by atoms with E-state index in [0.717, 1.165) is 16.5 Å². The SMILES string of the molecule is CC(=N/C(C(=O)Nc1ccc2cc[nH]c2c1)=C(\C)N)c1cccnc1. The first kappa shape index (κ1) is 16.4. The van der Waals surface area contributed by atoms with Gasteiger partial charge < -0.3 is 16.0 Å². The monoisotopic (exact) mass is 333 g/mol. The molecule has 25 heavy (non-hydrogen) atoms. The summed E-state index contributed by atoms with van der Waals surface area (Å²) in [4.78, 5) is 24.2. The number of nitrogens with two attached hydrogens (primary N) is 1. The van der Waals surface area contributed by atoms with Crippen LogP contribution in [0.2, 0.25) is 0 Å². The van der Waals surface area contributed by atoms with Crippen molar-refractivity contribution in [1.29, 1.82) is 0 Å². The number of nitrogens with one attached hydrogen (secondary N) is 2. The maximum atomic E-state index is 12.6. The molecule has 1 amide bonds. The summed E-state index contributed by atoms with van der Waals surface area (Å²) in [5, 5.41) is 3.92. The molecule has 2 heterocycles. The van der Waals surface area contributed by atoms with Gasteiger partial charge in [-0.25, -0.2) is 4.99 Å². The van der Waals surface area contributed by atoms with Crippen LogP contribution in [0.1, 0.15) is 19.4 Å². The number of aliphatic imine (C=N–C) groups is 1. The Morgan fingerprint density at radius 1 is 1.24 bits per heavy atom. The smallest absolute Gasteiger partial charge is 0.276 e. The van der Waals surface area contributed by atoms with Crippen molar-refractivity contribution in [3.05, 3.63) is 71.9 Å². The van der Waals surface area contributed by atoms with E-state index in [1.165, 1.54) is 0 Å². The lowest BCUT2D eigenvalue weighted by atomic mass is 10.2. The van der Waals surface area contributed by atoms with Crippen molar-refractivity contribution in [3.8, 4) is 0 Å². The zero-order valence-corrected chi connectivity index (χ0v) is 14.1. The molecule has 0 spiro atoms. The summed E-state index contributed by atoms with van der Waals surface area (Å²) < 4.78 is 0. The number of nitrogens with zero attached hydrogens (tertiary/aromatic N) is 2. The molecule has 1 aromatic carbocycles. The van der Waals surface area contributed by atoms with E-state index in [2.05, 4.69) is 20.3 Å². The number of hydrogen-bond donors (Lipinski definition) is 3. The average molecular weight is 333 g/mol. The van der Waals surface area contributed by atoms with Crippen LogP contribution < -0.4 is 11.1 Å². The van der Waals surface area contributed by atoms with Crippen molar-refractivity contribution in [2.75, 3.05) is 5.32 Å². The molecule has 4 N–H and O–H groups in total. The molecule has 3 aromatic rings. The Morgan fingerprint density at radius 3 is 2.80 bits per heavy atom. The number of carbonyl (C=O) groups excluding carboxylic acids is 1. The minimum absolute atomic E-state index is 0.188. The van der Waals surface area contributed by atoms with Gasteiger partial charge in [0.1, 0.15) is 5.70 Å². The Bertz CT molecular complexity index is 966. The van der Waals surface area contributed by atoms with E-state index in [4.69, 9.17) is 5.73 Å². The first-order valence-corrected chi connectivity index (χ1v) is 7.85. The lowest BCUT2D eigenvalue weighted by Crippen LogP contribution is -2.18. The number of benzene rings is 1. The molecule has 0 bridgehead atoms. The molecular weight excluding hydrogens is 314 g/mol. The second-order valence-electron chi connectivity index (χ2n) is 5.70. The molecule has 6 heteroatoms. The average Bonchev–Trinajstić information content (AvgIpc) is 3.07. The summed E-state index contributed by atoms with van der Waals surface area (Å²) >= 11 is 0. The number of fused-ring (bicyclic) bond motifs is 1. The number of anilines is 1. The van der Waals surface area contributed by atoms with Gasteiger partial charge in [0.2, 0.25) is 0 Å². The number of pyridine rings is 1. The Balaban J connectivity index is 1.85. The van der Waals surface area contributed by atoms with Gasteiger partial charge in [-0.05, 0) is 43.5 Å². The van der Waals surface area contributed by atoms with Gasteiger partial charge in [0, 0.05) is 46.8 Å². The van der Waals surface area contributed by atoms with Crippen molar-refractivity contribution in [1.82, 2.24) is 9.97 Å². The zero-order chi connectivity index (χ0) is 17.8. The fourth-order valence-corrected chi connectivity index (χ4v) is 2.44. The largest absolute Gasteiger partial charge is 0.400 e. The standard InChI is InChI=1S/C19H19N5O/c1-12(20)18(23-13(2)15-4-3-8-21-11-15)19(25)24-16-6-5-14-7-9-22-17(14)10-16/h3-11,22H,20H2,1-2H3,(H,24,25)/b18-12+,23-13?. The van der Waals surface area contributed by atoms with Crippen LogP contribution in [0.3, 0.4) is 0 Å². The first-order chi connectivity index (χ1) is 12.0. The fourth-order valence-electron chi connectivity index (χ4n) is 2.44. The minimum Gasteiger partial charge on any atom is -0.400 e. The lowest BCUT2D eigenvalue weighted by Gasteiger charge is -2.09. The van der Waals surface area contributed by atoms with Crippen LogP contribution in [0.15, 0.2) is 71.4 Å². The summed E-state index contributed by atoms with van der Waals surface area (Å²) in [5.74, 6) is -0.353. The van der Waals surface area contributed by atoms with E-state index >= 15 is 0 Å². The molecule has 0 aliphatic rings. The van der Waals surface area contributed by atoms with Crippen molar-refractivity contribution in [2.45, 2.75) is 13.8 Å². The van der Waals surface area contributed by atoms with Gasteiger partial charge in [0.15, 0.2) is 0 Å². The molecule has 126 valence electrons. The molecule has 0 fully saturated rings. The Kier molecular flexibility index (Phi) is 4.61. The molecule has 0 atom stereocenters. The Morgan fingerprint density at radius 2 is 2.08 bits per heavy atom. The van der Waals surface area contributed by atoms with Crippen LogP contribution in [0.4, 0.5) is 5.69 Å². The van der Waals surface area contributed by atoms with Gasteiger partial charge in [0.05, 0.1) is 0 Å². The highest BCUT2D eigenvalue weighted by Crippen LogP contribution is 2.19. The fraction of sp³-hybridized carbons (Fsp3) is 0.105. The van der Waals surface area contributed by atoms with Crippen LogP contribution in [0.25, 0.3) is 10.9 Å². The maximum absolute atomic E-state index is 12.6. The summed E-state index contributed by atoms with van der Waals surface area (Å²) in [6, 6.07) is 11.3. The van der Waals surface area contributed by atoms with Crippen LogP contribution in [-0.2, 0) is 4.79 Å². The third-order valence-corrected chi connectivity index (χ3v) is 3.76. The summed E-state index contributed by atoms with van der Waals surface area (Å²) in [6.45, 7) is 3.47. The van der Waals surface area contributed by atoms with E-state index in [1.54, 1.807) is 19.3 Å². The van der Waals surface area contributed by atoms with Crippen molar-refractivity contribution >= 4 is 28.2 Å². The highest BCUT2D eigenvalue weighted by atomic mass is 16.2. The molecule has 2 aromatic heterocycles. The van der Waals surface area contributed by atoms with Gasteiger partial charge >= 0.3 is 0 Å². The maximum Gasteiger partial charge on any atom is 0.276 e. The first-order valence-electron chi connectivity index (χ1n) is 7.85. The van der Waals surface area contributed by atoms with Gasteiger partial charge in [0.25, 0.3) is 5.91 Å². The van der Waals surface area contributed by atoms with Crippen LogP contribution in [0, 0.1) is 0 Å². The Labute approximate surface area is 145 Å². The molecule has 0 saturated heterocycles. The summed E-state index contributed by atoms with van der Waals surface area (Å²) in [7, 11) is 0. The number of allylic oxidation sites excluding steroid dienone is 1. The number of rotatable bonds is 4. The molecule has 0 saturated carbocycles. The van der Waals surface area contributed by atoms with Gasteiger partial charge in [-0.1, -0.05) is 12.1 Å². The third-order valence-electron chi connectivity index (χ3n) is 3.76. The summed E-state index contributed by atoms with van der Waals surface area (Å²) in [5.41, 5.74) is 9.54. The highest BCUT2D eigenvalue weighted by molar-refractivity contribution is 6.08. The van der Waals surface area contributed by atoms with Crippen molar-refractivity contribution in [3.63, 3.8) is 0 Å². The van der Waals surface area contributed by atoms with Crippen molar-refractivity contribution in [2.24, 2.45) is 10.7 Å². The van der Waals surface area contributed by atoms with Crippen molar-refractivity contribution < 1.29 is 4.79 Å². The van der Waals surface area contributed by atoms with E-state index in [9.17, 15) is 4.79 Å². The van der Waals surface area contributed by atoms with E-state index in [-0.39, 0.29) is 11.6 Å². The Hall–Kier alpha value is -3.41. The third kappa shape index (κ3) is 3.74. The zero-order valence-electron chi connectivity index (χ0n) is 14.1. The second kappa shape index (κ2) is 7.00. The predicted octanol–water partition coefficient (Wildman–Crippen LogP) is 3.20. The number of H-pyrrole nitrogens is 1. The highest BCUT2D eigenvalue weighted by Gasteiger charge is 2.13. The number of carbonyl (C=O) groups is 1.